The third-order valence-corrected chi connectivity index (χ3v) is 4.57. The van der Waals surface area contributed by atoms with E-state index in [4.69, 9.17) is 0 Å². The van der Waals surface area contributed by atoms with Crippen molar-refractivity contribution in [1.82, 2.24) is 0 Å². The fraction of sp³-hybridized carbons (Fsp3) is 0.0769. The summed E-state index contributed by atoms with van der Waals surface area (Å²) in [5.41, 5.74) is 0.303. The lowest BCUT2D eigenvalue weighted by atomic mass is 10.2. The zero-order chi connectivity index (χ0) is 15.6. The van der Waals surface area contributed by atoms with E-state index >= 15 is 0 Å². The van der Waals surface area contributed by atoms with Crippen LogP contribution < -0.4 is 0 Å². The van der Waals surface area contributed by atoms with Crippen molar-refractivity contribution < 1.29 is 13.3 Å². The quantitative estimate of drug-likeness (QED) is 0.599. The first-order valence-electron chi connectivity index (χ1n) is 5.78. The summed E-state index contributed by atoms with van der Waals surface area (Å²) in [5, 5.41) is 10.9. The first-order chi connectivity index (χ1) is 9.79. The summed E-state index contributed by atoms with van der Waals surface area (Å²) >= 11 is 3.21. The smallest absolute Gasteiger partial charge is 0.271 e. The van der Waals surface area contributed by atoms with E-state index in [0.717, 1.165) is 10.5 Å². The Kier molecular flexibility index (Phi) is 4.29. The average molecular weight is 370 g/mol. The Hall–Kier alpha value is -1.93. The highest BCUT2D eigenvalue weighted by Gasteiger charge is 2.10. The highest BCUT2D eigenvalue weighted by Crippen LogP contribution is 2.32. The van der Waals surface area contributed by atoms with Crippen LogP contribution in [-0.2, 0) is 10.0 Å². The predicted molar refractivity (Wildman–Crippen MR) is 82.2 cm³/mol. The van der Waals surface area contributed by atoms with Gasteiger partial charge in [-0.1, -0.05) is 28.1 Å². The Labute approximate surface area is 130 Å². The number of nitro benzene ring substituents is 1. The lowest BCUT2D eigenvalue weighted by Gasteiger charge is -2.21. The second-order valence-electron chi connectivity index (χ2n) is 4.25. The van der Waals surface area contributed by atoms with Crippen LogP contribution >= 0.6 is 15.9 Å². The van der Waals surface area contributed by atoms with Gasteiger partial charge in [-0.15, -0.1) is 5.69 Å². The number of hydrogen-bond acceptors (Lipinski definition) is 4. The molecule has 0 heterocycles. The minimum Gasteiger partial charge on any atom is -0.573 e. The van der Waals surface area contributed by atoms with Gasteiger partial charge >= 0.3 is 0 Å². The molecule has 21 heavy (non-hydrogen) atoms. The average Bonchev–Trinajstić information content (AvgIpc) is 2.41. The van der Waals surface area contributed by atoms with E-state index in [1.54, 1.807) is 19.1 Å². The molecule has 2 aromatic rings. The number of benzene rings is 2. The number of nitro groups is 1. The molecule has 0 saturated heterocycles. The summed E-state index contributed by atoms with van der Waals surface area (Å²) in [6.45, 7) is 1.57. The van der Waals surface area contributed by atoms with E-state index in [1.807, 2.05) is 0 Å². The highest BCUT2D eigenvalue weighted by molar-refractivity contribution is 9.10. The van der Waals surface area contributed by atoms with E-state index in [0.29, 0.717) is 5.56 Å². The summed E-state index contributed by atoms with van der Waals surface area (Å²) in [6, 6.07) is 10.0. The largest absolute Gasteiger partial charge is 0.573 e. The van der Waals surface area contributed by atoms with Crippen LogP contribution in [0.1, 0.15) is 5.56 Å². The van der Waals surface area contributed by atoms with Crippen molar-refractivity contribution in [2.24, 2.45) is 0 Å². The van der Waals surface area contributed by atoms with E-state index in [-0.39, 0.29) is 16.3 Å². The summed E-state index contributed by atoms with van der Waals surface area (Å²) in [5.74, 6) is 0. The SMILES string of the molecule is Cc1ccc([N-]S(=O)(=O)c2ccc(Br)cc2)cc1[N+](=O)[O-]. The lowest BCUT2D eigenvalue weighted by molar-refractivity contribution is -0.385. The molecule has 0 radical (unpaired) electrons. The third kappa shape index (κ3) is 3.59. The second kappa shape index (κ2) is 5.82. The maximum Gasteiger partial charge on any atom is 0.271 e. The molecule has 0 aliphatic rings. The van der Waals surface area contributed by atoms with E-state index < -0.39 is 14.9 Å². The Morgan fingerprint density at radius 2 is 1.76 bits per heavy atom. The summed E-state index contributed by atoms with van der Waals surface area (Å²) in [4.78, 5) is 10.3. The molecule has 2 rings (SSSR count). The molecule has 8 heteroatoms. The number of rotatable bonds is 4. The standard InChI is InChI=1S/C13H10BrN2O4S/c1-9-2-5-11(8-13(9)16(17)18)15-21(19,20)12-6-3-10(14)4-7-12/h2-8H,1H3/q-1. The van der Waals surface area contributed by atoms with Crippen molar-refractivity contribution in [1.29, 1.82) is 0 Å². The van der Waals surface area contributed by atoms with Gasteiger partial charge in [-0.2, -0.15) is 0 Å². The molecule has 0 N–H and O–H groups in total. The van der Waals surface area contributed by atoms with Crippen LogP contribution in [0.3, 0.4) is 0 Å². The van der Waals surface area contributed by atoms with E-state index in [1.165, 1.54) is 24.3 Å². The van der Waals surface area contributed by atoms with Gasteiger partial charge in [-0.05, 0) is 31.2 Å². The molecular weight excluding hydrogens is 360 g/mol. The Bertz CT molecular complexity index is 788. The molecule has 110 valence electrons. The molecule has 0 atom stereocenters. The van der Waals surface area contributed by atoms with Gasteiger partial charge in [0.15, 0.2) is 0 Å². The molecule has 6 nitrogen and oxygen atoms in total. The molecule has 0 unspecified atom stereocenters. The number of sulfonamides is 1. The minimum absolute atomic E-state index is 0.0222. The molecule has 2 aromatic carbocycles. The van der Waals surface area contributed by atoms with Crippen LogP contribution in [0, 0.1) is 17.0 Å². The molecule has 0 fully saturated rings. The fourth-order valence-electron chi connectivity index (χ4n) is 1.65. The first-order valence-corrected chi connectivity index (χ1v) is 8.01. The van der Waals surface area contributed by atoms with E-state index in [9.17, 15) is 18.5 Å². The second-order valence-corrected chi connectivity index (χ2v) is 6.77. The normalized spacial score (nSPS) is 11.1. The Morgan fingerprint density at radius 3 is 2.33 bits per heavy atom. The monoisotopic (exact) mass is 369 g/mol. The molecule has 0 saturated carbocycles. The zero-order valence-corrected chi connectivity index (χ0v) is 13.3. The molecule has 0 aliphatic carbocycles. The van der Waals surface area contributed by atoms with Crippen molar-refractivity contribution in [3.8, 4) is 0 Å². The molecular formula is C13H10BrN2O4S-. The van der Waals surface area contributed by atoms with Gasteiger partial charge in [0.05, 0.1) is 9.82 Å². The molecule has 0 aromatic heterocycles. The zero-order valence-electron chi connectivity index (χ0n) is 10.9. The van der Waals surface area contributed by atoms with Crippen molar-refractivity contribution in [3.63, 3.8) is 0 Å². The van der Waals surface area contributed by atoms with Crippen molar-refractivity contribution in [2.45, 2.75) is 11.8 Å². The predicted octanol–water partition coefficient (Wildman–Crippen LogP) is 4.06. The molecule has 0 aliphatic heterocycles. The van der Waals surface area contributed by atoms with Gasteiger partial charge in [0.2, 0.25) is 0 Å². The number of nitrogens with zero attached hydrogens (tertiary/aromatic N) is 2. The van der Waals surface area contributed by atoms with Crippen LogP contribution in [0.5, 0.6) is 0 Å². The third-order valence-electron chi connectivity index (χ3n) is 2.73. The van der Waals surface area contributed by atoms with E-state index in [2.05, 4.69) is 20.7 Å². The summed E-state index contributed by atoms with van der Waals surface area (Å²) < 4.78 is 28.6. The molecule has 0 bridgehead atoms. The number of aryl methyl sites for hydroxylation is 1. The maximum absolute atomic E-state index is 12.1. The molecule has 0 amide bonds. The number of halogens is 1. The fourth-order valence-corrected chi connectivity index (χ4v) is 2.89. The van der Waals surface area contributed by atoms with Crippen LogP contribution in [0.15, 0.2) is 51.8 Å². The van der Waals surface area contributed by atoms with Gasteiger partial charge in [0.1, 0.15) is 10.0 Å². The maximum atomic E-state index is 12.1. The Balaban J connectivity index is 2.35. The lowest BCUT2D eigenvalue weighted by Crippen LogP contribution is -1.98. The van der Waals surface area contributed by atoms with Gasteiger partial charge < -0.3 is 4.72 Å². The van der Waals surface area contributed by atoms with Gasteiger partial charge in [0, 0.05) is 16.1 Å². The van der Waals surface area contributed by atoms with Gasteiger partial charge in [-0.25, -0.2) is 8.42 Å². The van der Waals surface area contributed by atoms with Crippen molar-refractivity contribution in [3.05, 3.63) is 67.3 Å². The first kappa shape index (κ1) is 15.5. The highest BCUT2D eigenvalue weighted by atomic mass is 79.9. The topological polar surface area (TPSA) is 91.4 Å². The summed E-state index contributed by atoms with van der Waals surface area (Å²) in [6.07, 6.45) is 0. The molecule has 0 spiro atoms. The van der Waals surface area contributed by atoms with Crippen LogP contribution in [0.25, 0.3) is 4.72 Å². The minimum atomic E-state index is -3.90. The van der Waals surface area contributed by atoms with Crippen molar-refractivity contribution >= 4 is 37.3 Å². The van der Waals surface area contributed by atoms with Crippen molar-refractivity contribution in [2.75, 3.05) is 0 Å². The summed E-state index contributed by atoms with van der Waals surface area (Å²) in [7, 11) is -3.90. The van der Waals surface area contributed by atoms with Crippen LogP contribution in [0.2, 0.25) is 0 Å². The number of hydrogen-bond donors (Lipinski definition) is 0. The van der Waals surface area contributed by atoms with Crippen LogP contribution in [-0.4, -0.2) is 13.3 Å². The van der Waals surface area contributed by atoms with Gasteiger partial charge in [0.25, 0.3) is 5.69 Å². The van der Waals surface area contributed by atoms with Gasteiger partial charge in [-0.3, -0.25) is 10.1 Å². The Morgan fingerprint density at radius 1 is 1.14 bits per heavy atom. The van der Waals surface area contributed by atoms with Crippen LogP contribution in [0.4, 0.5) is 11.4 Å².